The molecule has 0 aliphatic carbocycles. The minimum absolute atomic E-state index is 0.163. The lowest BCUT2D eigenvalue weighted by molar-refractivity contribution is -0.126. The molecule has 0 radical (unpaired) electrons. The van der Waals surface area contributed by atoms with Crippen LogP contribution in [-0.4, -0.2) is 36.2 Å². The third-order valence-electron chi connectivity index (χ3n) is 5.73. The largest absolute Gasteiger partial charge is 0.422 e. The predicted molar refractivity (Wildman–Crippen MR) is 172 cm³/mol. The van der Waals surface area contributed by atoms with E-state index in [1.165, 1.54) is 12.4 Å². The zero-order chi connectivity index (χ0) is 31.3. The highest BCUT2D eigenvalue weighted by Gasteiger charge is 2.13. The molecule has 10 nitrogen and oxygen atoms in total. The molecule has 0 saturated heterocycles. The maximum absolute atomic E-state index is 12.4. The Bertz CT molecular complexity index is 1590. The Balaban J connectivity index is 1.27. The summed E-state index contributed by atoms with van der Waals surface area (Å²) in [5, 5.41) is 7.85. The van der Waals surface area contributed by atoms with Crippen molar-refractivity contribution >= 4 is 68.0 Å². The molecule has 0 atom stereocenters. The Labute approximate surface area is 269 Å². The number of hydrazone groups is 2. The quantitative estimate of drug-likeness (QED) is 0.0841. The van der Waals surface area contributed by atoms with Gasteiger partial charge in [-0.2, -0.15) is 10.2 Å². The Morgan fingerprint density at radius 1 is 0.591 bits per heavy atom. The van der Waals surface area contributed by atoms with Crippen molar-refractivity contribution in [2.24, 2.45) is 10.2 Å². The van der Waals surface area contributed by atoms with Gasteiger partial charge in [0.15, 0.2) is 0 Å². The summed E-state index contributed by atoms with van der Waals surface area (Å²) in [6.45, 7) is 0. The summed E-state index contributed by atoms with van der Waals surface area (Å²) in [7, 11) is 0. The first-order valence-corrected chi connectivity index (χ1v) is 14.6. The van der Waals surface area contributed by atoms with Crippen LogP contribution < -0.4 is 20.3 Å². The third-order valence-corrected chi connectivity index (χ3v) is 6.72. The normalized spacial score (nSPS) is 10.9. The zero-order valence-electron chi connectivity index (χ0n) is 22.9. The molecule has 12 heteroatoms. The van der Waals surface area contributed by atoms with E-state index < -0.39 is 23.8 Å². The molecular formula is C32H24Br2N4O6. The first kappa shape index (κ1) is 32.0. The molecule has 0 spiro atoms. The van der Waals surface area contributed by atoms with E-state index in [-0.39, 0.29) is 24.3 Å². The molecule has 4 rings (SSSR count). The standard InChI is InChI=1S/C32H24Br2N4O6/c33-25-11-13-27(43-31(41)21-7-3-1-4-8-21)23(17-25)19-35-37-29(39)15-16-30(40)38-36-20-24-18-26(34)12-14-28(24)44-32(42)22-9-5-2-6-10-22/h1-14,17-20H,15-16H2,(H,37,39)(H,38,40)/b35-19-,36-20-. The van der Waals surface area contributed by atoms with Crippen LogP contribution in [0.4, 0.5) is 0 Å². The second-order valence-electron chi connectivity index (χ2n) is 8.96. The fourth-order valence-electron chi connectivity index (χ4n) is 3.58. The number of nitrogens with one attached hydrogen (secondary N) is 2. The lowest BCUT2D eigenvalue weighted by Crippen LogP contribution is -2.23. The van der Waals surface area contributed by atoms with E-state index in [0.29, 0.717) is 31.2 Å². The summed E-state index contributed by atoms with van der Waals surface area (Å²) in [6.07, 6.45) is 2.34. The lowest BCUT2D eigenvalue weighted by Gasteiger charge is -2.08. The molecule has 0 fully saturated rings. The predicted octanol–water partition coefficient (Wildman–Crippen LogP) is 6.03. The Morgan fingerprint density at radius 3 is 1.36 bits per heavy atom. The number of rotatable bonds is 11. The van der Waals surface area contributed by atoms with E-state index in [1.54, 1.807) is 97.1 Å². The monoisotopic (exact) mass is 718 g/mol. The summed E-state index contributed by atoms with van der Waals surface area (Å²) in [5.41, 5.74) is 6.35. The maximum Gasteiger partial charge on any atom is 0.343 e. The van der Waals surface area contributed by atoms with Crippen LogP contribution >= 0.6 is 31.9 Å². The number of carbonyl (C=O) groups excluding carboxylic acids is 4. The van der Waals surface area contributed by atoms with Gasteiger partial charge in [0.25, 0.3) is 0 Å². The average molecular weight is 720 g/mol. The number of amides is 2. The van der Waals surface area contributed by atoms with E-state index in [4.69, 9.17) is 9.47 Å². The van der Waals surface area contributed by atoms with Gasteiger partial charge >= 0.3 is 11.9 Å². The molecule has 4 aromatic carbocycles. The molecule has 0 aliphatic heterocycles. The molecule has 0 aromatic heterocycles. The van der Waals surface area contributed by atoms with Gasteiger partial charge in [-0.1, -0.05) is 68.3 Å². The minimum atomic E-state index is -0.537. The summed E-state index contributed by atoms with van der Waals surface area (Å²) in [5.74, 6) is -1.60. The highest BCUT2D eigenvalue weighted by Crippen LogP contribution is 2.24. The second kappa shape index (κ2) is 16.1. The van der Waals surface area contributed by atoms with Gasteiger partial charge in [-0.25, -0.2) is 20.4 Å². The van der Waals surface area contributed by atoms with Gasteiger partial charge in [0, 0.05) is 32.9 Å². The van der Waals surface area contributed by atoms with Crippen LogP contribution in [0.5, 0.6) is 11.5 Å². The fourth-order valence-corrected chi connectivity index (χ4v) is 4.34. The Morgan fingerprint density at radius 2 is 0.977 bits per heavy atom. The molecule has 0 heterocycles. The SMILES string of the molecule is O=C(CCC(=O)N/N=C\c1cc(Br)ccc1OC(=O)c1ccccc1)N/N=C\c1cc(Br)ccc1OC(=O)c1ccccc1. The number of carbonyl (C=O) groups is 4. The highest BCUT2D eigenvalue weighted by atomic mass is 79.9. The first-order valence-electron chi connectivity index (χ1n) is 13.1. The van der Waals surface area contributed by atoms with Crippen LogP contribution in [0, 0.1) is 0 Å². The molecule has 0 aliphatic rings. The van der Waals surface area contributed by atoms with Crippen LogP contribution in [0.15, 0.2) is 116 Å². The molecule has 4 aromatic rings. The van der Waals surface area contributed by atoms with E-state index in [9.17, 15) is 19.2 Å². The number of hydrogen-bond donors (Lipinski definition) is 2. The number of halogens is 2. The van der Waals surface area contributed by atoms with Crippen LogP contribution in [0.2, 0.25) is 0 Å². The van der Waals surface area contributed by atoms with Crippen molar-refractivity contribution in [1.29, 1.82) is 0 Å². The minimum Gasteiger partial charge on any atom is -0.422 e. The number of nitrogens with zero attached hydrogens (tertiary/aromatic N) is 2. The second-order valence-corrected chi connectivity index (χ2v) is 10.8. The molecule has 44 heavy (non-hydrogen) atoms. The van der Waals surface area contributed by atoms with Gasteiger partial charge < -0.3 is 9.47 Å². The topological polar surface area (TPSA) is 136 Å². The summed E-state index contributed by atoms with van der Waals surface area (Å²) in [4.78, 5) is 49.4. The zero-order valence-corrected chi connectivity index (χ0v) is 26.1. The van der Waals surface area contributed by atoms with E-state index in [1.807, 2.05) is 0 Å². The van der Waals surface area contributed by atoms with Gasteiger partial charge in [-0.15, -0.1) is 0 Å². The maximum atomic E-state index is 12.4. The van der Waals surface area contributed by atoms with Crippen LogP contribution in [-0.2, 0) is 9.59 Å². The number of esters is 2. The van der Waals surface area contributed by atoms with Crippen molar-refractivity contribution in [3.05, 3.63) is 128 Å². The number of benzene rings is 4. The van der Waals surface area contributed by atoms with Crippen molar-refractivity contribution < 1.29 is 28.7 Å². The van der Waals surface area contributed by atoms with E-state index in [0.717, 1.165) is 0 Å². The third kappa shape index (κ3) is 9.82. The molecule has 2 amide bonds. The number of hydrogen-bond acceptors (Lipinski definition) is 8. The van der Waals surface area contributed by atoms with Gasteiger partial charge in [0.2, 0.25) is 11.8 Å². The molecule has 0 saturated carbocycles. The molecule has 2 N–H and O–H groups in total. The van der Waals surface area contributed by atoms with E-state index >= 15 is 0 Å². The highest BCUT2D eigenvalue weighted by molar-refractivity contribution is 9.10. The van der Waals surface area contributed by atoms with E-state index in [2.05, 4.69) is 52.9 Å². The van der Waals surface area contributed by atoms with Crippen molar-refractivity contribution in [2.45, 2.75) is 12.8 Å². The van der Waals surface area contributed by atoms with Crippen molar-refractivity contribution in [3.63, 3.8) is 0 Å². The lowest BCUT2D eigenvalue weighted by atomic mass is 10.2. The molecule has 0 unspecified atom stereocenters. The summed E-state index contributed by atoms with van der Waals surface area (Å²) in [6, 6.07) is 27.0. The molecular weight excluding hydrogens is 696 g/mol. The van der Waals surface area contributed by atoms with Crippen LogP contribution in [0.3, 0.4) is 0 Å². The smallest absolute Gasteiger partial charge is 0.343 e. The summed E-state index contributed by atoms with van der Waals surface area (Å²) < 4.78 is 12.4. The van der Waals surface area contributed by atoms with Gasteiger partial charge in [0.1, 0.15) is 11.5 Å². The molecule has 0 bridgehead atoms. The average Bonchev–Trinajstić information content (AvgIpc) is 3.03. The van der Waals surface area contributed by atoms with Gasteiger partial charge in [0.05, 0.1) is 23.6 Å². The Hall–Kier alpha value is -4.94. The van der Waals surface area contributed by atoms with Crippen molar-refractivity contribution in [2.75, 3.05) is 0 Å². The van der Waals surface area contributed by atoms with Gasteiger partial charge in [-0.05, 0) is 60.7 Å². The Kier molecular flexibility index (Phi) is 11.7. The number of ether oxygens (including phenoxy) is 2. The van der Waals surface area contributed by atoms with Crippen molar-refractivity contribution in [3.8, 4) is 11.5 Å². The first-order chi connectivity index (χ1) is 21.3. The van der Waals surface area contributed by atoms with Gasteiger partial charge in [-0.3, -0.25) is 9.59 Å². The fraction of sp³-hybridized carbons (Fsp3) is 0.0625. The van der Waals surface area contributed by atoms with Crippen molar-refractivity contribution in [1.82, 2.24) is 10.9 Å². The van der Waals surface area contributed by atoms with Crippen LogP contribution in [0.1, 0.15) is 44.7 Å². The molecule has 222 valence electrons. The van der Waals surface area contributed by atoms with Crippen LogP contribution in [0.25, 0.3) is 0 Å². The summed E-state index contributed by atoms with van der Waals surface area (Å²) >= 11 is 6.72.